The molecule has 134 valence electrons. The molecule has 0 atom stereocenters. The second-order valence-corrected chi connectivity index (χ2v) is 5.42. The Bertz CT molecular complexity index is 992. The fourth-order valence-corrected chi connectivity index (χ4v) is 2.54. The lowest BCUT2D eigenvalue weighted by atomic mass is 10.1. The molecular weight excluding hydrogens is 350 g/mol. The summed E-state index contributed by atoms with van der Waals surface area (Å²) in [4.78, 5) is 35.5. The van der Waals surface area contributed by atoms with Gasteiger partial charge in [0.15, 0.2) is 0 Å². The number of carbonyl (C=O) groups is 2. The number of nitro groups is 1. The molecule has 1 aliphatic rings. The van der Waals surface area contributed by atoms with Gasteiger partial charge in [-0.3, -0.25) is 25.1 Å². The van der Waals surface area contributed by atoms with Gasteiger partial charge in [-0.1, -0.05) is 36.3 Å². The van der Waals surface area contributed by atoms with E-state index in [1.165, 1.54) is 24.3 Å². The summed E-state index contributed by atoms with van der Waals surface area (Å²) >= 11 is 0. The predicted molar refractivity (Wildman–Crippen MR) is 97.5 cm³/mol. The third-order valence-electron chi connectivity index (χ3n) is 3.73. The van der Waals surface area contributed by atoms with Crippen molar-refractivity contribution in [2.24, 2.45) is 0 Å². The molecule has 0 spiro atoms. The molecule has 1 saturated heterocycles. The van der Waals surface area contributed by atoms with Gasteiger partial charge >= 0.3 is 5.69 Å². The summed E-state index contributed by atoms with van der Waals surface area (Å²) in [5.41, 5.74) is 2.66. The Morgan fingerprint density at radius 3 is 2.59 bits per heavy atom. The second-order valence-electron chi connectivity index (χ2n) is 5.42. The van der Waals surface area contributed by atoms with E-state index in [9.17, 15) is 19.7 Å². The average Bonchev–Trinajstić information content (AvgIpc) is 2.95. The molecule has 0 radical (unpaired) electrons. The lowest BCUT2D eigenvalue weighted by Gasteiger charge is -2.13. The Morgan fingerprint density at radius 2 is 1.93 bits per heavy atom. The van der Waals surface area contributed by atoms with Crippen LogP contribution in [0, 0.1) is 22.5 Å². The Labute approximate surface area is 154 Å². The smallest absolute Gasteiger partial charge is 0.311 e. The van der Waals surface area contributed by atoms with Crippen LogP contribution in [0.15, 0.2) is 54.1 Å². The molecule has 1 fully saturated rings. The Morgan fingerprint density at radius 1 is 1.19 bits per heavy atom. The average molecular weight is 363 g/mol. The SMILES string of the molecule is C#CCOc1c(/C=C2/C(=O)NN(c3ccccc3)C2=O)cccc1[N+](=O)[O-]. The van der Waals surface area contributed by atoms with Gasteiger partial charge in [-0.25, -0.2) is 5.01 Å². The van der Waals surface area contributed by atoms with Gasteiger partial charge in [-0.15, -0.1) is 6.42 Å². The largest absolute Gasteiger partial charge is 0.473 e. The number of rotatable bonds is 5. The van der Waals surface area contributed by atoms with Crippen LogP contribution in [0.2, 0.25) is 0 Å². The highest BCUT2D eigenvalue weighted by atomic mass is 16.6. The lowest BCUT2D eigenvalue weighted by molar-refractivity contribution is -0.385. The predicted octanol–water partition coefficient (Wildman–Crippen LogP) is 2.07. The molecule has 0 unspecified atom stereocenters. The number of hydrogen-bond donors (Lipinski definition) is 1. The molecule has 0 saturated carbocycles. The maximum Gasteiger partial charge on any atom is 0.311 e. The van der Waals surface area contributed by atoms with Crippen molar-refractivity contribution in [3.8, 4) is 18.1 Å². The Kier molecular flexibility index (Phi) is 4.86. The van der Waals surface area contributed by atoms with E-state index < -0.39 is 16.7 Å². The van der Waals surface area contributed by atoms with Gasteiger partial charge in [-0.05, 0) is 18.2 Å². The molecule has 0 bridgehead atoms. The third-order valence-corrected chi connectivity index (χ3v) is 3.73. The van der Waals surface area contributed by atoms with E-state index in [1.54, 1.807) is 30.3 Å². The minimum atomic E-state index is -0.627. The number of para-hydroxylation sites is 2. The first-order chi connectivity index (χ1) is 13.0. The molecular formula is C19H13N3O5. The normalized spacial score (nSPS) is 14.8. The van der Waals surface area contributed by atoms with Gasteiger partial charge in [0.05, 0.1) is 10.6 Å². The Hall–Kier alpha value is -4.12. The van der Waals surface area contributed by atoms with E-state index in [-0.39, 0.29) is 29.2 Å². The fourth-order valence-electron chi connectivity index (χ4n) is 2.54. The van der Waals surface area contributed by atoms with Crippen molar-refractivity contribution in [2.45, 2.75) is 0 Å². The number of nitrogens with one attached hydrogen (secondary N) is 1. The minimum absolute atomic E-state index is 0.105. The first kappa shape index (κ1) is 17.7. The zero-order chi connectivity index (χ0) is 19.4. The molecule has 2 amide bonds. The molecule has 2 aromatic rings. The van der Waals surface area contributed by atoms with Crippen LogP contribution in [-0.2, 0) is 9.59 Å². The molecule has 0 aromatic heterocycles. The quantitative estimate of drug-likeness (QED) is 0.288. The van der Waals surface area contributed by atoms with Crippen LogP contribution in [0.25, 0.3) is 6.08 Å². The van der Waals surface area contributed by atoms with Crippen LogP contribution in [-0.4, -0.2) is 23.3 Å². The number of nitrogens with zero attached hydrogens (tertiary/aromatic N) is 2. The van der Waals surface area contributed by atoms with Gasteiger partial charge in [0, 0.05) is 11.6 Å². The fraction of sp³-hybridized carbons (Fsp3) is 0.0526. The lowest BCUT2D eigenvalue weighted by Crippen LogP contribution is -2.35. The molecule has 1 heterocycles. The van der Waals surface area contributed by atoms with Crippen LogP contribution in [0.4, 0.5) is 11.4 Å². The zero-order valence-corrected chi connectivity index (χ0v) is 13.9. The number of terminal acetylenes is 1. The maximum absolute atomic E-state index is 12.6. The van der Waals surface area contributed by atoms with E-state index in [4.69, 9.17) is 11.2 Å². The molecule has 8 heteroatoms. The standard InChI is InChI=1S/C19H13N3O5/c1-2-11-27-17-13(7-6-10-16(17)22(25)26)12-15-18(23)20-21(19(15)24)14-8-4-3-5-9-14/h1,3-10,12H,11H2,(H,20,23)/b15-12-. The summed E-state index contributed by atoms with van der Waals surface area (Å²) in [5, 5.41) is 12.3. The van der Waals surface area contributed by atoms with E-state index in [0.29, 0.717) is 5.69 Å². The van der Waals surface area contributed by atoms with Crippen molar-refractivity contribution in [3.63, 3.8) is 0 Å². The monoisotopic (exact) mass is 363 g/mol. The molecule has 8 nitrogen and oxygen atoms in total. The molecule has 3 rings (SSSR count). The summed E-state index contributed by atoms with van der Waals surface area (Å²) in [6.45, 7) is -0.197. The number of amides is 2. The molecule has 0 aliphatic carbocycles. The number of ether oxygens (including phenoxy) is 1. The van der Waals surface area contributed by atoms with E-state index in [2.05, 4.69) is 11.3 Å². The zero-order valence-electron chi connectivity index (χ0n) is 13.9. The van der Waals surface area contributed by atoms with E-state index >= 15 is 0 Å². The summed E-state index contributed by atoms with van der Waals surface area (Å²) in [6.07, 6.45) is 6.41. The molecule has 1 aliphatic heterocycles. The second kappa shape index (κ2) is 7.41. The van der Waals surface area contributed by atoms with Crippen molar-refractivity contribution in [1.29, 1.82) is 0 Å². The van der Waals surface area contributed by atoms with Crippen molar-refractivity contribution >= 4 is 29.3 Å². The molecule has 1 N–H and O–H groups in total. The summed E-state index contributed by atoms with van der Waals surface area (Å²) in [7, 11) is 0. The highest BCUT2D eigenvalue weighted by Crippen LogP contribution is 2.33. The highest BCUT2D eigenvalue weighted by molar-refractivity contribution is 6.31. The van der Waals surface area contributed by atoms with Crippen LogP contribution < -0.4 is 15.2 Å². The summed E-state index contributed by atoms with van der Waals surface area (Å²) < 4.78 is 5.29. The number of nitro benzene ring substituents is 1. The van der Waals surface area contributed by atoms with Crippen LogP contribution in [0.1, 0.15) is 5.56 Å². The van der Waals surface area contributed by atoms with Gasteiger partial charge in [0.25, 0.3) is 11.8 Å². The van der Waals surface area contributed by atoms with Crippen LogP contribution in [0.3, 0.4) is 0 Å². The van der Waals surface area contributed by atoms with E-state index in [1.807, 2.05) is 0 Å². The van der Waals surface area contributed by atoms with Gasteiger partial charge in [0.2, 0.25) is 5.75 Å². The van der Waals surface area contributed by atoms with Crippen LogP contribution >= 0.6 is 0 Å². The van der Waals surface area contributed by atoms with Gasteiger partial charge in [0.1, 0.15) is 12.2 Å². The van der Waals surface area contributed by atoms with Crippen molar-refractivity contribution in [2.75, 3.05) is 11.6 Å². The van der Waals surface area contributed by atoms with Crippen molar-refractivity contribution in [3.05, 3.63) is 69.8 Å². The third kappa shape index (κ3) is 3.48. The summed E-state index contributed by atoms with van der Waals surface area (Å²) in [5.74, 6) is 0.915. The van der Waals surface area contributed by atoms with E-state index in [0.717, 1.165) is 5.01 Å². The number of anilines is 1. The van der Waals surface area contributed by atoms with Gasteiger partial charge in [-0.2, -0.15) is 0 Å². The van der Waals surface area contributed by atoms with Crippen molar-refractivity contribution in [1.82, 2.24) is 5.43 Å². The van der Waals surface area contributed by atoms with Crippen molar-refractivity contribution < 1.29 is 19.2 Å². The number of carbonyl (C=O) groups excluding carboxylic acids is 2. The summed E-state index contributed by atoms with van der Waals surface area (Å²) in [6, 6.07) is 12.7. The highest BCUT2D eigenvalue weighted by Gasteiger charge is 2.35. The Balaban J connectivity index is 2.02. The maximum atomic E-state index is 12.6. The minimum Gasteiger partial charge on any atom is -0.473 e. The number of benzene rings is 2. The topological polar surface area (TPSA) is 102 Å². The number of hydrazine groups is 1. The van der Waals surface area contributed by atoms with Gasteiger partial charge < -0.3 is 4.74 Å². The molecule has 27 heavy (non-hydrogen) atoms. The molecule has 2 aromatic carbocycles. The van der Waals surface area contributed by atoms with Crippen LogP contribution in [0.5, 0.6) is 5.75 Å². The number of hydrogen-bond acceptors (Lipinski definition) is 5. The first-order valence-corrected chi connectivity index (χ1v) is 7.78. The first-order valence-electron chi connectivity index (χ1n) is 7.78.